The van der Waals surface area contributed by atoms with E-state index in [1.807, 2.05) is 6.07 Å². The molecule has 1 aromatic rings. The molecule has 90 valence electrons. The predicted molar refractivity (Wildman–Crippen MR) is 59.2 cm³/mol. The fourth-order valence-electron chi connectivity index (χ4n) is 1.51. The van der Waals surface area contributed by atoms with Gasteiger partial charge in [0.1, 0.15) is 11.5 Å². The zero-order valence-corrected chi connectivity index (χ0v) is 9.78. The van der Waals surface area contributed by atoms with Crippen molar-refractivity contribution in [3.05, 3.63) is 23.3 Å². The minimum absolute atomic E-state index is 0.270. The lowest BCUT2D eigenvalue weighted by molar-refractivity contribution is 0.118. The van der Waals surface area contributed by atoms with Crippen LogP contribution < -0.4 is 15.4 Å². The van der Waals surface area contributed by atoms with Crippen molar-refractivity contribution in [3.8, 4) is 11.5 Å². The van der Waals surface area contributed by atoms with E-state index >= 15 is 0 Å². The Hall–Kier alpha value is -1.30. The topological polar surface area (TPSA) is 62.9 Å². The van der Waals surface area contributed by atoms with Crippen molar-refractivity contribution in [1.82, 2.24) is 0 Å². The van der Waals surface area contributed by atoms with Crippen molar-refractivity contribution in [2.45, 2.75) is 13.2 Å². The maximum atomic E-state index is 5.26. The predicted octanol–water partition coefficient (Wildman–Crippen LogP) is 1.24. The van der Waals surface area contributed by atoms with Gasteiger partial charge < -0.3 is 14.2 Å². The molecule has 1 rings (SSSR count). The molecular weight excluding hydrogens is 210 g/mol. The van der Waals surface area contributed by atoms with E-state index in [1.165, 1.54) is 0 Å². The fraction of sp³-hybridized carbons (Fsp3) is 0.455. The van der Waals surface area contributed by atoms with E-state index < -0.39 is 0 Å². The van der Waals surface area contributed by atoms with Gasteiger partial charge in [0.2, 0.25) is 0 Å². The summed E-state index contributed by atoms with van der Waals surface area (Å²) in [4.78, 5) is 4.65. The molecule has 0 aromatic heterocycles. The van der Waals surface area contributed by atoms with Gasteiger partial charge >= 0.3 is 0 Å². The van der Waals surface area contributed by atoms with Gasteiger partial charge in [0.05, 0.1) is 27.4 Å². The number of hydrogen-bond donors (Lipinski definition) is 1. The summed E-state index contributed by atoms with van der Waals surface area (Å²) < 4.78 is 15.5. The highest BCUT2D eigenvalue weighted by Crippen LogP contribution is 2.29. The number of benzene rings is 1. The standard InChI is InChI=1S/C11H17NO4/c1-13-6-8-4-9(14-2)5-11(15-3)10(8)7-16-12/h4-5H,6-7,12H2,1-3H3. The van der Waals surface area contributed by atoms with Crippen LogP contribution in [0.2, 0.25) is 0 Å². The molecule has 0 aliphatic heterocycles. The van der Waals surface area contributed by atoms with Crippen molar-refractivity contribution in [3.63, 3.8) is 0 Å². The van der Waals surface area contributed by atoms with Gasteiger partial charge in [-0.05, 0) is 11.6 Å². The van der Waals surface area contributed by atoms with Crippen LogP contribution in [-0.4, -0.2) is 21.3 Å². The highest BCUT2D eigenvalue weighted by molar-refractivity contribution is 5.46. The number of hydrogen-bond acceptors (Lipinski definition) is 5. The second kappa shape index (κ2) is 6.32. The zero-order chi connectivity index (χ0) is 12.0. The first-order chi connectivity index (χ1) is 7.76. The first kappa shape index (κ1) is 12.8. The Morgan fingerprint density at radius 3 is 2.31 bits per heavy atom. The van der Waals surface area contributed by atoms with Crippen molar-refractivity contribution in [2.75, 3.05) is 21.3 Å². The summed E-state index contributed by atoms with van der Waals surface area (Å²) in [5.41, 5.74) is 1.80. The van der Waals surface area contributed by atoms with Gasteiger partial charge in [-0.1, -0.05) is 0 Å². The van der Waals surface area contributed by atoms with Crippen molar-refractivity contribution < 1.29 is 19.0 Å². The molecule has 0 saturated carbocycles. The summed E-state index contributed by atoms with van der Waals surface area (Å²) in [6.45, 7) is 0.720. The first-order valence-corrected chi connectivity index (χ1v) is 4.81. The van der Waals surface area contributed by atoms with Crippen LogP contribution in [0.1, 0.15) is 11.1 Å². The van der Waals surface area contributed by atoms with Crippen LogP contribution >= 0.6 is 0 Å². The lowest BCUT2D eigenvalue weighted by Crippen LogP contribution is -2.06. The highest BCUT2D eigenvalue weighted by atomic mass is 16.6. The molecule has 0 unspecified atom stereocenters. The lowest BCUT2D eigenvalue weighted by atomic mass is 10.1. The van der Waals surface area contributed by atoms with E-state index in [1.54, 1.807) is 27.4 Å². The molecule has 0 aliphatic rings. The molecule has 1 aromatic carbocycles. The third kappa shape index (κ3) is 2.85. The Morgan fingerprint density at radius 2 is 1.81 bits per heavy atom. The third-order valence-corrected chi connectivity index (χ3v) is 2.26. The molecule has 5 heteroatoms. The van der Waals surface area contributed by atoms with Crippen molar-refractivity contribution in [2.24, 2.45) is 5.90 Å². The Kier molecular flexibility index (Phi) is 5.04. The van der Waals surface area contributed by atoms with Gasteiger partial charge in [0.25, 0.3) is 0 Å². The molecule has 0 saturated heterocycles. The smallest absolute Gasteiger partial charge is 0.128 e. The average Bonchev–Trinajstić information content (AvgIpc) is 2.31. The molecule has 0 heterocycles. The Labute approximate surface area is 95.0 Å². The Bertz CT molecular complexity index is 341. The van der Waals surface area contributed by atoms with Gasteiger partial charge in [-0.2, -0.15) is 0 Å². The molecule has 0 atom stereocenters. The average molecular weight is 227 g/mol. The van der Waals surface area contributed by atoms with Gasteiger partial charge in [-0.25, -0.2) is 5.90 Å². The molecule has 0 bridgehead atoms. The minimum Gasteiger partial charge on any atom is -0.497 e. The molecule has 0 radical (unpaired) electrons. The van der Waals surface area contributed by atoms with Crippen molar-refractivity contribution >= 4 is 0 Å². The van der Waals surface area contributed by atoms with E-state index in [4.69, 9.17) is 20.1 Å². The Morgan fingerprint density at radius 1 is 1.06 bits per heavy atom. The quantitative estimate of drug-likeness (QED) is 0.741. The molecule has 0 aliphatic carbocycles. The van der Waals surface area contributed by atoms with Crippen LogP contribution in [0, 0.1) is 0 Å². The second-order valence-corrected chi connectivity index (χ2v) is 3.21. The summed E-state index contributed by atoms with van der Waals surface area (Å²) in [5.74, 6) is 6.48. The van der Waals surface area contributed by atoms with Gasteiger partial charge in [0, 0.05) is 18.7 Å². The molecule has 2 N–H and O–H groups in total. The van der Waals surface area contributed by atoms with E-state index in [-0.39, 0.29) is 6.61 Å². The molecule has 5 nitrogen and oxygen atoms in total. The second-order valence-electron chi connectivity index (χ2n) is 3.21. The van der Waals surface area contributed by atoms with E-state index in [2.05, 4.69) is 4.84 Å². The number of nitrogens with two attached hydrogens (primary N) is 1. The molecular formula is C11H17NO4. The molecule has 0 fully saturated rings. The number of rotatable bonds is 6. The largest absolute Gasteiger partial charge is 0.497 e. The highest BCUT2D eigenvalue weighted by Gasteiger charge is 2.12. The van der Waals surface area contributed by atoms with Gasteiger partial charge in [-0.15, -0.1) is 0 Å². The summed E-state index contributed by atoms with van der Waals surface area (Å²) in [6, 6.07) is 3.66. The SMILES string of the molecule is COCc1cc(OC)cc(OC)c1CON. The monoisotopic (exact) mass is 227 g/mol. The molecule has 0 amide bonds. The van der Waals surface area contributed by atoms with Crippen molar-refractivity contribution in [1.29, 1.82) is 0 Å². The zero-order valence-electron chi connectivity index (χ0n) is 9.78. The number of ether oxygens (including phenoxy) is 3. The van der Waals surface area contributed by atoms with Crippen LogP contribution in [0.25, 0.3) is 0 Å². The Balaban J connectivity index is 3.17. The van der Waals surface area contributed by atoms with Crippen LogP contribution in [0.15, 0.2) is 12.1 Å². The number of methoxy groups -OCH3 is 3. The molecule has 16 heavy (non-hydrogen) atoms. The third-order valence-electron chi connectivity index (χ3n) is 2.26. The first-order valence-electron chi connectivity index (χ1n) is 4.81. The summed E-state index contributed by atoms with van der Waals surface area (Å²) in [5, 5.41) is 0. The summed E-state index contributed by atoms with van der Waals surface area (Å²) in [6.07, 6.45) is 0. The maximum Gasteiger partial charge on any atom is 0.128 e. The normalized spacial score (nSPS) is 10.2. The van der Waals surface area contributed by atoms with Gasteiger partial charge in [0.15, 0.2) is 0 Å². The summed E-state index contributed by atoms with van der Waals surface area (Å²) >= 11 is 0. The summed E-state index contributed by atoms with van der Waals surface area (Å²) in [7, 11) is 4.81. The van der Waals surface area contributed by atoms with Crippen LogP contribution in [0.4, 0.5) is 0 Å². The van der Waals surface area contributed by atoms with E-state index in [0.29, 0.717) is 18.1 Å². The minimum atomic E-state index is 0.270. The lowest BCUT2D eigenvalue weighted by Gasteiger charge is -2.14. The van der Waals surface area contributed by atoms with Gasteiger partial charge in [-0.3, -0.25) is 4.84 Å². The van der Waals surface area contributed by atoms with E-state index in [0.717, 1.165) is 11.1 Å². The van der Waals surface area contributed by atoms with Crippen LogP contribution in [0.5, 0.6) is 11.5 Å². The maximum absolute atomic E-state index is 5.26. The van der Waals surface area contributed by atoms with Crippen LogP contribution in [0.3, 0.4) is 0 Å². The molecule has 0 spiro atoms. The fourth-order valence-corrected chi connectivity index (χ4v) is 1.51. The van der Waals surface area contributed by atoms with Crippen LogP contribution in [-0.2, 0) is 22.8 Å². The van der Waals surface area contributed by atoms with E-state index in [9.17, 15) is 0 Å².